The fraction of sp³-hybridized carbons (Fsp3) is 0.308. The topological polar surface area (TPSA) is 40.2 Å². The molecule has 1 aliphatic rings. The van der Waals surface area contributed by atoms with Crippen molar-refractivity contribution in [3.05, 3.63) is 35.3 Å². The van der Waals surface area contributed by atoms with E-state index in [1.165, 1.54) is 6.07 Å². The van der Waals surface area contributed by atoms with Crippen LogP contribution in [0.25, 0.3) is 10.9 Å². The van der Waals surface area contributed by atoms with Gasteiger partial charge < -0.3 is 10.3 Å². The summed E-state index contributed by atoms with van der Waals surface area (Å²) in [6, 6.07) is 4.85. The Morgan fingerprint density at radius 2 is 2.22 bits per heavy atom. The monoisotopic (exact) mass is 267 g/mol. The summed E-state index contributed by atoms with van der Waals surface area (Å²) in [6.07, 6.45) is 0.745. The Bertz CT molecular complexity index is 604. The number of aryl methyl sites for hydroxylation is 1. The molecule has 18 heavy (non-hydrogen) atoms. The van der Waals surface area contributed by atoms with Gasteiger partial charge in [0.05, 0.1) is 6.54 Å². The average molecular weight is 268 g/mol. The van der Waals surface area contributed by atoms with Gasteiger partial charge in [0.1, 0.15) is 11.7 Å². The van der Waals surface area contributed by atoms with Crippen LogP contribution in [0.5, 0.6) is 0 Å². The second-order valence-corrected chi connectivity index (χ2v) is 4.35. The normalized spacial score (nSPS) is 14.2. The van der Waals surface area contributed by atoms with Crippen LogP contribution in [0, 0.1) is 12.7 Å². The number of nitrogens with one attached hydrogen (secondary N) is 2. The third-order valence-corrected chi connectivity index (χ3v) is 3.17. The molecule has 0 atom stereocenters. The third kappa shape index (κ3) is 2.20. The van der Waals surface area contributed by atoms with Gasteiger partial charge >= 0.3 is 0 Å². The van der Waals surface area contributed by atoms with Crippen LogP contribution in [-0.4, -0.2) is 23.9 Å². The number of nitrogens with zero attached hydrogens (tertiary/aromatic N) is 1. The maximum Gasteiger partial charge on any atom is 0.123 e. The number of halogens is 2. The van der Waals surface area contributed by atoms with Crippen molar-refractivity contribution in [2.24, 2.45) is 4.99 Å². The number of benzene rings is 1. The van der Waals surface area contributed by atoms with E-state index in [1.54, 1.807) is 12.1 Å². The summed E-state index contributed by atoms with van der Waals surface area (Å²) in [5, 5.41) is 4.20. The van der Waals surface area contributed by atoms with Crippen molar-refractivity contribution in [3.63, 3.8) is 0 Å². The van der Waals surface area contributed by atoms with Gasteiger partial charge in [-0.15, -0.1) is 12.4 Å². The number of hydrogen-bond donors (Lipinski definition) is 2. The van der Waals surface area contributed by atoms with E-state index < -0.39 is 0 Å². The van der Waals surface area contributed by atoms with Crippen molar-refractivity contribution < 1.29 is 4.39 Å². The zero-order valence-corrected chi connectivity index (χ0v) is 10.9. The van der Waals surface area contributed by atoms with Gasteiger partial charge in [0, 0.05) is 29.6 Å². The Hall–Kier alpha value is -1.55. The molecule has 1 aliphatic heterocycles. The molecule has 1 aromatic carbocycles. The van der Waals surface area contributed by atoms with E-state index in [0.29, 0.717) is 0 Å². The first-order valence-electron chi connectivity index (χ1n) is 5.78. The van der Waals surface area contributed by atoms with E-state index >= 15 is 0 Å². The SMILES string of the molecule is Cc1[nH]c2ccc(F)cc2c1CC1=NCCN1.Cl. The second kappa shape index (κ2) is 4.98. The first-order valence-corrected chi connectivity index (χ1v) is 5.78. The number of hydrogen-bond acceptors (Lipinski definition) is 2. The third-order valence-electron chi connectivity index (χ3n) is 3.17. The van der Waals surface area contributed by atoms with Crippen molar-refractivity contribution in [1.82, 2.24) is 10.3 Å². The first-order chi connectivity index (χ1) is 8.24. The van der Waals surface area contributed by atoms with Crippen molar-refractivity contribution >= 4 is 29.1 Å². The zero-order valence-electron chi connectivity index (χ0n) is 10.1. The number of amidine groups is 1. The molecule has 0 aliphatic carbocycles. The first kappa shape index (κ1) is 12.9. The number of aromatic amines is 1. The van der Waals surface area contributed by atoms with Gasteiger partial charge in [-0.25, -0.2) is 4.39 Å². The van der Waals surface area contributed by atoms with Gasteiger partial charge in [-0.1, -0.05) is 0 Å². The molecular formula is C13H15ClFN3. The van der Waals surface area contributed by atoms with E-state index in [0.717, 1.165) is 47.5 Å². The summed E-state index contributed by atoms with van der Waals surface area (Å²) in [6.45, 7) is 3.76. The summed E-state index contributed by atoms with van der Waals surface area (Å²) < 4.78 is 13.3. The van der Waals surface area contributed by atoms with Gasteiger partial charge in [-0.2, -0.15) is 0 Å². The highest BCUT2D eigenvalue weighted by atomic mass is 35.5. The fourth-order valence-corrected chi connectivity index (χ4v) is 2.32. The Kier molecular flexibility index (Phi) is 3.57. The Morgan fingerprint density at radius 3 is 2.94 bits per heavy atom. The van der Waals surface area contributed by atoms with E-state index in [2.05, 4.69) is 15.3 Å². The molecule has 0 saturated carbocycles. The molecule has 0 amide bonds. The molecule has 2 aromatic rings. The van der Waals surface area contributed by atoms with Crippen LogP contribution in [-0.2, 0) is 6.42 Å². The quantitative estimate of drug-likeness (QED) is 0.863. The number of fused-ring (bicyclic) bond motifs is 1. The Morgan fingerprint density at radius 1 is 1.39 bits per heavy atom. The molecule has 0 saturated heterocycles. The lowest BCUT2D eigenvalue weighted by molar-refractivity contribution is 0.629. The standard InChI is InChI=1S/C13H14FN3.ClH/c1-8-10(7-13-15-4-5-16-13)11-6-9(14)2-3-12(11)17-8;/h2-3,6,17H,4-5,7H2,1H3,(H,15,16);1H. The number of aromatic nitrogens is 1. The molecule has 3 rings (SSSR count). The van der Waals surface area contributed by atoms with E-state index in [9.17, 15) is 4.39 Å². The van der Waals surface area contributed by atoms with Crippen LogP contribution < -0.4 is 5.32 Å². The van der Waals surface area contributed by atoms with Crippen molar-refractivity contribution in [3.8, 4) is 0 Å². The largest absolute Gasteiger partial charge is 0.372 e. The number of aliphatic imine (C=N–C) groups is 1. The Balaban J connectivity index is 0.00000120. The molecule has 0 spiro atoms. The molecule has 0 radical (unpaired) electrons. The highest BCUT2D eigenvalue weighted by molar-refractivity contribution is 5.92. The predicted molar refractivity (Wildman–Crippen MR) is 74.3 cm³/mol. The highest BCUT2D eigenvalue weighted by Gasteiger charge is 2.13. The summed E-state index contributed by atoms with van der Waals surface area (Å²) in [7, 11) is 0. The molecule has 2 heterocycles. The molecule has 5 heteroatoms. The molecule has 2 N–H and O–H groups in total. The molecule has 0 fully saturated rings. The molecular weight excluding hydrogens is 253 g/mol. The van der Waals surface area contributed by atoms with E-state index in [-0.39, 0.29) is 18.2 Å². The maximum atomic E-state index is 13.3. The van der Waals surface area contributed by atoms with Gasteiger partial charge in [-0.3, -0.25) is 4.99 Å². The summed E-state index contributed by atoms with van der Waals surface area (Å²) >= 11 is 0. The zero-order chi connectivity index (χ0) is 11.8. The lowest BCUT2D eigenvalue weighted by atomic mass is 10.1. The van der Waals surface area contributed by atoms with Gasteiger partial charge in [0.15, 0.2) is 0 Å². The van der Waals surface area contributed by atoms with Gasteiger partial charge in [-0.05, 0) is 30.7 Å². The minimum Gasteiger partial charge on any atom is -0.372 e. The smallest absolute Gasteiger partial charge is 0.123 e. The van der Waals surface area contributed by atoms with Crippen molar-refractivity contribution in [2.45, 2.75) is 13.3 Å². The average Bonchev–Trinajstić information content (AvgIpc) is 2.90. The lowest BCUT2D eigenvalue weighted by Crippen LogP contribution is -2.20. The summed E-state index contributed by atoms with van der Waals surface area (Å²) in [5.74, 6) is 0.803. The van der Waals surface area contributed by atoms with E-state index in [1.807, 2.05) is 6.92 Å². The van der Waals surface area contributed by atoms with Crippen LogP contribution >= 0.6 is 12.4 Å². The predicted octanol–water partition coefficient (Wildman–Crippen LogP) is 2.58. The van der Waals surface area contributed by atoms with E-state index in [4.69, 9.17) is 0 Å². The van der Waals surface area contributed by atoms with Gasteiger partial charge in [0.25, 0.3) is 0 Å². The minimum absolute atomic E-state index is 0. The van der Waals surface area contributed by atoms with Crippen LogP contribution in [0.2, 0.25) is 0 Å². The fourth-order valence-electron chi connectivity index (χ4n) is 2.32. The minimum atomic E-state index is -0.195. The highest BCUT2D eigenvalue weighted by Crippen LogP contribution is 2.23. The maximum absolute atomic E-state index is 13.3. The van der Waals surface area contributed by atoms with Crippen LogP contribution in [0.1, 0.15) is 11.3 Å². The summed E-state index contributed by atoms with van der Waals surface area (Å²) in [5.41, 5.74) is 3.20. The van der Waals surface area contributed by atoms with Crippen molar-refractivity contribution in [2.75, 3.05) is 13.1 Å². The molecule has 3 nitrogen and oxygen atoms in total. The summed E-state index contributed by atoms with van der Waals surface area (Å²) in [4.78, 5) is 7.66. The molecule has 0 bridgehead atoms. The van der Waals surface area contributed by atoms with Crippen LogP contribution in [0.4, 0.5) is 4.39 Å². The van der Waals surface area contributed by atoms with Gasteiger partial charge in [0.2, 0.25) is 0 Å². The number of H-pyrrole nitrogens is 1. The molecule has 1 aromatic heterocycles. The number of rotatable bonds is 2. The van der Waals surface area contributed by atoms with Crippen LogP contribution in [0.15, 0.2) is 23.2 Å². The second-order valence-electron chi connectivity index (χ2n) is 4.35. The van der Waals surface area contributed by atoms with Crippen molar-refractivity contribution in [1.29, 1.82) is 0 Å². The Labute approximate surface area is 111 Å². The molecule has 0 unspecified atom stereocenters. The van der Waals surface area contributed by atoms with Crippen LogP contribution in [0.3, 0.4) is 0 Å². The molecule has 96 valence electrons. The lowest BCUT2D eigenvalue weighted by Gasteiger charge is -2.02.